The predicted molar refractivity (Wildman–Crippen MR) is 102 cm³/mol. The molecule has 0 radical (unpaired) electrons. The van der Waals surface area contributed by atoms with Gasteiger partial charge in [0, 0.05) is 6.07 Å². The van der Waals surface area contributed by atoms with E-state index in [9.17, 15) is 9.59 Å². The van der Waals surface area contributed by atoms with Gasteiger partial charge in [-0.15, -0.1) is 0 Å². The predicted octanol–water partition coefficient (Wildman–Crippen LogP) is 4.43. The van der Waals surface area contributed by atoms with Crippen molar-refractivity contribution in [2.45, 2.75) is 46.6 Å². The van der Waals surface area contributed by atoms with E-state index < -0.39 is 17.9 Å². The van der Waals surface area contributed by atoms with Gasteiger partial charge in [0.05, 0.1) is 7.11 Å². The normalized spacial score (nSPS) is 12.1. The Kier molecular flexibility index (Phi) is 6.66. The molecular weight excluding hydrogens is 346 g/mol. The fraction of sp³-hybridized carbons (Fsp3) is 0.429. The van der Waals surface area contributed by atoms with Crippen molar-refractivity contribution < 1.29 is 23.5 Å². The van der Waals surface area contributed by atoms with Gasteiger partial charge in [-0.2, -0.15) is 0 Å². The maximum absolute atomic E-state index is 12.4. The van der Waals surface area contributed by atoms with Crippen LogP contribution in [0.15, 0.2) is 34.7 Å². The lowest BCUT2D eigenvalue weighted by Crippen LogP contribution is -2.44. The minimum absolute atomic E-state index is 0.0669. The van der Waals surface area contributed by atoms with E-state index in [4.69, 9.17) is 13.9 Å². The van der Waals surface area contributed by atoms with E-state index in [0.29, 0.717) is 11.7 Å². The van der Waals surface area contributed by atoms with Crippen LogP contribution in [0.1, 0.15) is 55.3 Å². The quantitative estimate of drug-likeness (QED) is 0.727. The zero-order valence-corrected chi connectivity index (χ0v) is 16.7. The number of esters is 1. The van der Waals surface area contributed by atoms with Crippen LogP contribution in [0.25, 0.3) is 0 Å². The summed E-state index contributed by atoms with van der Waals surface area (Å²) in [5.74, 6) is 0.215. The van der Waals surface area contributed by atoms with Crippen LogP contribution in [0, 0.1) is 12.8 Å². The Morgan fingerprint density at radius 3 is 2.37 bits per heavy atom. The van der Waals surface area contributed by atoms with Crippen molar-refractivity contribution in [1.29, 1.82) is 0 Å². The highest BCUT2D eigenvalue weighted by Crippen LogP contribution is 2.29. The maximum atomic E-state index is 12.4. The van der Waals surface area contributed by atoms with Crippen molar-refractivity contribution in [2.75, 3.05) is 7.11 Å². The third kappa shape index (κ3) is 5.12. The van der Waals surface area contributed by atoms with Gasteiger partial charge in [0.1, 0.15) is 11.8 Å². The second-order valence-corrected chi connectivity index (χ2v) is 7.12. The van der Waals surface area contributed by atoms with Crippen LogP contribution in [0.5, 0.6) is 11.7 Å². The molecule has 0 bridgehead atoms. The summed E-state index contributed by atoms with van der Waals surface area (Å²) in [7, 11) is 1.29. The first-order chi connectivity index (χ1) is 12.7. The fourth-order valence-corrected chi connectivity index (χ4v) is 2.53. The first-order valence-corrected chi connectivity index (χ1v) is 8.99. The van der Waals surface area contributed by atoms with E-state index in [-0.39, 0.29) is 17.6 Å². The maximum Gasteiger partial charge on any atom is 0.328 e. The fourth-order valence-electron chi connectivity index (χ4n) is 2.53. The summed E-state index contributed by atoms with van der Waals surface area (Å²) in [5.41, 5.74) is 2.12. The van der Waals surface area contributed by atoms with E-state index in [1.165, 1.54) is 13.2 Å². The number of carbonyl (C=O) groups excluding carboxylic acids is 2. The molecule has 2 aromatic rings. The van der Waals surface area contributed by atoms with Gasteiger partial charge in [0.2, 0.25) is 0 Å². The number of aryl methyl sites for hydroxylation is 1. The van der Waals surface area contributed by atoms with Crippen molar-refractivity contribution in [1.82, 2.24) is 5.32 Å². The summed E-state index contributed by atoms with van der Waals surface area (Å²) in [6.45, 7) is 9.80. The molecular formula is C21H27NO5. The van der Waals surface area contributed by atoms with Gasteiger partial charge in [-0.3, -0.25) is 4.79 Å². The molecule has 1 aromatic heterocycles. The minimum atomic E-state index is -0.748. The van der Waals surface area contributed by atoms with Crippen LogP contribution in [-0.4, -0.2) is 25.0 Å². The van der Waals surface area contributed by atoms with Crippen LogP contribution in [0.2, 0.25) is 0 Å². The number of furan rings is 1. The van der Waals surface area contributed by atoms with Crippen LogP contribution in [-0.2, 0) is 9.53 Å². The van der Waals surface area contributed by atoms with Crippen molar-refractivity contribution in [3.8, 4) is 11.7 Å². The number of benzene rings is 1. The summed E-state index contributed by atoms with van der Waals surface area (Å²) < 4.78 is 16.1. The van der Waals surface area contributed by atoms with E-state index in [1.54, 1.807) is 6.07 Å². The summed E-state index contributed by atoms with van der Waals surface area (Å²) >= 11 is 0. The number of rotatable bonds is 7. The van der Waals surface area contributed by atoms with Gasteiger partial charge in [-0.05, 0) is 42.0 Å². The lowest BCUT2D eigenvalue weighted by molar-refractivity contribution is -0.144. The standard InChI is InChI=1S/C21H27NO5/c1-12(2)15-8-7-14(5)17(11-15)27-18-10-9-16(26-18)20(23)22-19(13(3)4)21(24)25-6/h7-13,19H,1-6H3,(H,22,23). The Labute approximate surface area is 159 Å². The summed E-state index contributed by atoms with van der Waals surface area (Å²) in [5, 5.41) is 2.63. The lowest BCUT2D eigenvalue weighted by atomic mass is 10.0. The number of hydrogen-bond acceptors (Lipinski definition) is 5. The van der Waals surface area contributed by atoms with Crippen LogP contribution >= 0.6 is 0 Å². The van der Waals surface area contributed by atoms with Gasteiger partial charge < -0.3 is 19.2 Å². The Morgan fingerprint density at radius 1 is 1.07 bits per heavy atom. The molecule has 6 nitrogen and oxygen atoms in total. The molecule has 0 aliphatic heterocycles. The second-order valence-electron chi connectivity index (χ2n) is 7.12. The van der Waals surface area contributed by atoms with Crippen molar-refractivity contribution in [2.24, 2.45) is 5.92 Å². The molecule has 0 aliphatic rings. The topological polar surface area (TPSA) is 77.8 Å². The lowest BCUT2D eigenvalue weighted by Gasteiger charge is -2.18. The molecule has 1 unspecified atom stereocenters. The Hall–Kier alpha value is -2.76. The van der Waals surface area contributed by atoms with Crippen LogP contribution in [0.3, 0.4) is 0 Å². The first kappa shape index (κ1) is 20.6. The third-order valence-corrected chi connectivity index (χ3v) is 4.30. The molecule has 6 heteroatoms. The van der Waals surface area contributed by atoms with E-state index in [0.717, 1.165) is 11.1 Å². The second kappa shape index (κ2) is 8.75. The summed E-state index contributed by atoms with van der Waals surface area (Å²) in [4.78, 5) is 24.2. The van der Waals surface area contributed by atoms with Crippen molar-refractivity contribution in [3.63, 3.8) is 0 Å². The number of hydrogen-bond donors (Lipinski definition) is 1. The molecule has 1 atom stereocenters. The van der Waals surface area contributed by atoms with Gasteiger partial charge in [0.15, 0.2) is 5.76 Å². The van der Waals surface area contributed by atoms with E-state index in [1.807, 2.05) is 32.9 Å². The number of carbonyl (C=O) groups is 2. The number of amides is 1. The van der Waals surface area contributed by atoms with Crippen molar-refractivity contribution >= 4 is 11.9 Å². The van der Waals surface area contributed by atoms with Crippen molar-refractivity contribution in [3.05, 3.63) is 47.2 Å². The highest BCUT2D eigenvalue weighted by atomic mass is 16.6. The summed E-state index contributed by atoms with van der Waals surface area (Å²) in [6, 6.07) is 8.37. The average Bonchev–Trinajstić information content (AvgIpc) is 3.08. The molecule has 0 saturated heterocycles. The van der Waals surface area contributed by atoms with Crippen LogP contribution in [0.4, 0.5) is 0 Å². The molecule has 146 valence electrons. The molecule has 1 heterocycles. The highest BCUT2D eigenvalue weighted by molar-refractivity contribution is 5.94. The zero-order valence-electron chi connectivity index (χ0n) is 16.7. The molecule has 0 fully saturated rings. The Bertz CT molecular complexity index is 807. The first-order valence-electron chi connectivity index (χ1n) is 8.99. The SMILES string of the molecule is COC(=O)C(NC(=O)c1ccc(Oc2cc(C(C)C)ccc2C)o1)C(C)C. The molecule has 0 saturated carbocycles. The number of ether oxygens (including phenoxy) is 2. The number of nitrogens with one attached hydrogen (secondary N) is 1. The number of methoxy groups -OCH3 is 1. The minimum Gasteiger partial charge on any atom is -0.467 e. The monoisotopic (exact) mass is 373 g/mol. The van der Waals surface area contributed by atoms with Gasteiger partial charge in [-0.25, -0.2) is 4.79 Å². The van der Waals surface area contributed by atoms with E-state index in [2.05, 4.69) is 25.2 Å². The third-order valence-electron chi connectivity index (χ3n) is 4.30. The molecule has 1 N–H and O–H groups in total. The molecule has 27 heavy (non-hydrogen) atoms. The van der Waals surface area contributed by atoms with Gasteiger partial charge >= 0.3 is 5.97 Å². The Balaban J connectivity index is 2.13. The summed E-state index contributed by atoms with van der Waals surface area (Å²) in [6.07, 6.45) is 0. The molecule has 0 spiro atoms. The molecule has 1 aromatic carbocycles. The van der Waals surface area contributed by atoms with Crippen LogP contribution < -0.4 is 10.1 Å². The zero-order chi connectivity index (χ0) is 20.1. The van der Waals surface area contributed by atoms with E-state index >= 15 is 0 Å². The average molecular weight is 373 g/mol. The molecule has 2 rings (SSSR count). The highest BCUT2D eigenvalue weighted by Gasteiger charge is 2.26. The largest absolute Gasteiger partial charge is 0.467 e. The smallest absolute Gasteiger partial charge is 0.328 e. The molecule has 1 amide bonds. The Morgan fingerprint density at radius 2 is 1.78 bits per heavy atom. The van der Waals surface area contributed by atoms with Gasteiger partial charge in [0.25, 0.3) is 11.9 Å². The molecule has 0 aliphatic carbocycles. The van der Waals surface area contributed by atoms with Gasteiger partial charge in [-0.1, -0.05) is 39.8 Å².